The number of halogens is 1. The average molecular weight is 287 g/mol. The molecule has 0 aliphatic rings. The summed E-state index contributed by atoms with van der Waals surface area (Å²) in [5.41, 5.74) is 0. The van der Waals surface area contributed by atoms with E-state index in [2.05, 4.69) is 4.74 Å². The first-order valence-corrected chi connectivity index (χ1v) is 3.82. The summed E-state index contributed by atoms with van der Waals surface area (Å²) >= 11 is 0. The predicted molar refractivity (Wildman–Crippen MR) is 44.1 cm³/mol. The van der Waals surface area contributed by atoms with E-state index in [9.17, 15) is 4.79 Å². The number of quaternary nitrogens is 1. The molecule has 1 unspecified atom stereocenters. The molecule has 0 saturated carbocycles. The summed E-state index contributed by atoms with van der Waals surface area (Å²) in [4.78, 5) is 11.2. The molecular formula is C8H18INO2. The number of rotatable bonds is 3. The maximum absolute atomic E-state index is 11.2. The lowest BCUT2D eigenvalue weighted by Gasteiger charge is -2.31. The summed E-state index contributed by atoms with van der Waals surface area (Å²) in [6.07, 6.45) is 0.816. The van der Waals surface area contributed by atoms with Gasteiger partial charge in [-0.3, -0.25) is 0 Å². The zero-order valence-corrected chi connectivity index (χ0v) is 10.6. The molecule has 0 spiro atoms. The van der Waals surface area contributed by atoms with Gasteiger partial charge in [0.05, 0.1) is 28.3 Å². The smallest absolute Gasteiger partial charge is 0.364 e. The van der Waals surface area contributed by atoms with Crippen LogP contribution in [0.25, 0.3) is 0 Å². The van der Waals surface area contributed by atoms with E-state index in [1.165, 1.54) is 7.11 Å². The number of methoxy groups -OCH3 is 1. The standard InChI is InChI=1S/C8H18NO2.HI/c1-6-7(8(10)11-5)9(2,3)4;/h7H,6H2,1-5H3;1H/q+1;/p-1. The molecule has 12 heavy (non-hydrogen) atoms. The molecule has 0 rings (SSSR count). The second kappa shape index (κ2) is 5.75. The van der Waals surface area contributed by atoms with Crippen molar-refractivity contribution < 1.29 is 38.0 Å². The number of esters is 1. The Kier molecular flexibility index (Phi) is 7.02. The molecule has 0 amide bonds. The highest BCUT2D eigenvalue weighted by atomic mass is 127. The molecule has 4 heteroatoms. The van der Waals surface area contributed by atoms with E-state index < -0.39 is 0 Å². The molecule has 0 heterocycles. The third-order valence-electron chi connectivity index (χ3n) is 1.79. The predicted octanol–water partition coefficient (Wildman–Crippen LogP) is -2.35. The zero-order chi connectivity index (χ0) is 9.07. The fourth-order valence-corrected chi connectivity index (χ4v) is 1.17. The van der Waals surface area contributed by atoms with Crippen LogP contribution in [0.5, 0.6) is 0 Å². The largest absolute Gasteiger partial charge is 1.00 e. The second-order valence-electron chi connectivity index (χ2n) is 3.56. The van der Waals surface area contributed by atoms with Gasteiger partial charge in [0.1, 0.15) is 0 Å². The minimum Gasteiger partial charge on any atom is -1.00 e. The van der Waals surface area contributed by atoms with Crippen LogP contribution in [0.15, 0.2) is 0 Å². The molecule has 3 nitrogen and oxygen atoms in total. The van der Waals surface area contributed by atoms with E-state index >= 15 is 0 Å². The van der Waals surface area contributed by atoms with Crippen LogP contribution in [0.4, 0.5) is 0 Å². The van der Waals surface area contributed by atoms with Gasteiger partial charge >= 0.3 is 5.97 Å². The van der Waals surface area contributed by atoms with Crippen molar-refractivity contribution in [2.45, 2.75) is 19.4 Å². The zero-order valence-electron chi connectivity index (χ0n) is 8.43. The maximum atomic E-state index is 11.2. The van der Waals surface area contributed by atoms with E-state index in [4.69, 9.17) is 0 Å². The SMILES string of the molecule is CCC(C(=O)OC)[N+](C)(C)C.[I-]. The molecule has 0 aromatic rings. The van der Waals surface area contributed by atoms with Crippen LogP contribution in [0.2, 0.25) is 0 Å². The molecular weight excluding hydrogens is 269 g/mol. The third kappa shape index (κ3) is 4.25. The molecule has 0 saturated heterocycles. The van der Waals surface area contributed by atoms with Crippen LogP contribution in [-0.4, -0.2) is 44.7 Å². The van der Waals surface area contributed by atoms with Gasteiger partial charge in [-0.1, -0.05) is 6.92 Å². The quantitative estimate of drug-likeness (QED) is 0.330. The van der Waals surface area contributed by atoms with Crippen molar-refractivity contribution in [1.29, 1.82) is 0 Å². The van der Waals surface area contributed by atoms with E-state index in [-0.39, 0.29) is 36.0 Å². The van der Waals surface area contributed by atoms with E-state index in [1.807, 2.05) is 28.1 Å². The first-order chi connectivity index (χ1) is 4.93. The number of carbonyl (C=O) groups is 1. The highest BCUT2D eigenvalue weighted by Crippen LogP contribution is 2.08. The van der Waals surface area contributed by atoms with Crippen molar-refractivity contribution in [3.05, 3.63) is 0 Å². The van der Waals surface area contributed by atoms with Crippen LogP contribution >= 0.6 is 0 Å². The van der Waals surface area contributed by atoms with Gasteiger partial charge in [-0.05, 0) is 0 Å². The second-order valence-corrected chi connectivity index (χ2v) is 3.56. The number of nitrogens with zero attached hydrogens (tertiary/aromatic N) is 1. The Labute approximate surface area is 91.7 Å². The Balaban J connectivity index is 0. The van der Waals surface area contributed by atoms with Crippen molar-refractivity contribution in [3.63, 3.8) is 0 Å². The van der Waals surface area contributed by atoms with Gasteiger partial charge < -0.3 is 33.2 Å². The Morgan fingerprint density at radius 1 is 1.42 bits per heavy atom. The third-order valence-corrected chi connectivity index (χ3v) is 1.79. The number of ether oxygens (including phenoxy) is 1. The van der Waals surface area contributed by atoms with Gasteiger partial charge in [-0.2, -0.15) is 0 Å². The van der Waals surface area contributed by atoms with Gasteiger partial charge in [-0.25, -0.2) is 4.79 Å². The topological polar surface area (TPSA) is 26.3 Å². The first-order valence-electron chi connectivity index (χ1n) is 3.82. The summed E-state index contributed by atoms with van der Waals surface area (Å²) in [5.74, 6) is -0.125. The summed E-state index contributed by atoms with van der Waals surface area (Å²) in [6.45, 7) is 1.99. The minimum atomic E-state index is -0.125. The first kappa shape index (κ1) is 14.7. The Hall–Kier alpha value is 0.160. The molecule has 0 aromatic heterocycles. The highest BCUT2D eigenvalue weighted by Gasteiger charge is 2.30. The van der Waals surface area contributed by atoms with Gasteiger partial charge in [0.2, 0.25) is 0 Å². The van der Waals surface area contributed by atoms with Crippen LogP contribution in [0, 0.1) is 0 Å². The monoisotopic (exact) mass is 287 g/mol. The molecule has 1 atom stereocenters. The lowest BCUT2D eigenvalue weighted by molar-refractivity contribution is -0.887. The fourth-order valence-electron chi connectivity index (χ4n) is 1.17. The summed E-state index contributed by atoms with van der Waals surface area (Å²) in [6, 6.07) is -0.0417. The average Bonchev–Trinajstić information content (AvgIpc) is 1.86. The Morgan fingerprint density at radius 2 is 1.83 bits per heavy atom. The van der Waals surface area contributed by atoms with Crippen molar-refractivity contribution in [2.24, 2.45) is 0 Å². The van der Waals surface area contributed by atoms with E-state index in [1.54, 1.807) is 0 Å². The van der Waals surface area contributed by atoms with Gasteiger partial charge in [0.15, 0.2) is 6.04 Å². The molecule has 0 aliphatic carbocycles. The Morgan fingerprint density at radius 3 is 1.92 bits per heavy atom. The van der Waals surface area contributed by atoms with Crippen LogP contribution < -0.4 is 24.0 Å². The maximum Gasteiger partial charge on any atom is 0.364 e. The molecule has 0 aromatic carbocycles. The normalized spacial score (nSPS) is 13.1. The lowest BCUT2D eigenvalue weighted by atomic mass is 10.2. The van der Waals surface area contributed by atoms with E-state index in [0.29, 0.717) is 4.48 Å². The summed E-state index contributed by atoms with van der Waals surface area (Å²) in [5, 5.41) is 0. The number of hydrogen-bond acceptors (Lipinski definition) is 2. The van der Waals surface area contributed by atoms with Crippen molar-refractivity contribution >= 4 is 5.97 Å². The lowest BCUT2D eigenvalue weighted by Crippen LogP contribution is -3.00. The molecule has 0 radical (unpaired) electrons. The van der Waals surface area contributed by atoms with E-state index in [0.717, 1.165) is 6.42 Å². The van der Waals surface area contributed by atoms with Crippen LogP contribution in [0.3, 0.4) is 0 Å². The molecule has 74 valence electrons. The summed E-state index contributed by atoms with van der Waals surface area (Å²) in [7, 11) is 7.40. The summed E-state index contributed by atoms with van der Waals surface area (Å²) < 4.78 is 5.30. The van der Waals surface area contributed by atoms with Crippen LogP contribution in [-0.2, 0) is 9.53 Å². The molecule has 0 fully saturated rings. The van der Waals surface area contributed by atoms with Gasteiger partial charge in [0, 0.05) is 6.42 Å². The van der Waals surface area contributed by atoms with Crippen LogP contribution in [0.1, 0.15) is 13.3 Å². The number of carbonyl (C=O) groups excluding carboxylic acids is 1. The number of hydrogen-bond donors (Lipinski definition) is 0. The molecule has 0 aliphatic heterocycles. The van der Waals surface area contributed by atoms with Crippen molar-refractivity contribution in [1.82, 2.24) is 0 Å². The van der Waals surface area contributed by atoms with Gasteiger partial charge in [-0.15, -0.1) is 0 Å². The van der Waals surface area contributed by atoms with Crippen molar-refractivity contribution in [3.8, 4) is 0 Å². The Bertz CT molecular complexity index is 142. The molecule has 0 N–H and O–H groups in total. The molecule has 0 bridgehead atoms. The minimum absolute atomic E-state index is 0. The number of likely N-dealkylation sites (N-methyl/N-ethyl adjacent to an activating group) is 1. The van der Waals surface area contributed by atoms with Crippen molar-refractivity contribution in [2.75, 3.05) is 28.3 Å². The fraction of sp³-hybridized carbons (Fsp3) is 0.875. The highest BCUT2D eigenvalue weighted by molar-refractivity contribution is 5.74. The van der Waals surface area contributed by atoms with Gasteiger partial charge in [0.25, 0.3) is 0 Å².